The summed E-state index contributed by atoms with van der Waals surface area (Å²) < 4.78 is 11.6. The van der Waals surface area contributed by atoms with E-state index < -0.39 is 24.0 Å². The van der Waals surface area contributed by atoms with Gasteiger partial charge in [0, 0.05) is 30.4 Å². The molecule has 3 aliphatic heterocycles. The summed E-state index contributed by atoms with van der Waals surface area (Å²) >= 11 is 0. The first-order valence-corrected chi connectivity index (χ1v) is 10.3. The van der Waals surface area contributed by atoms with Gasteiger partial charge in [0.15, 0.2) is 11.5 Å². The van der Waals surface area contributed by atoms with Crippen LogP contribution in [0.1, 0.15) is 11.1 Å². The van der Waals surface area contributed by atoms with Crippen molar-refractivity contribution in [2.75, 3.05) is 31.3 Å². The minimum atomic E-state index is -0.801. The summed E-state index contributed by atoms with van der Waals surface area (Å²) in [5.41, 5.74) is 2.85. The highest BCUT2D eigenvalue weighted by molar-refractivity contribution is 6.31. The monoisotopic (exact) mass is 436 g/mol. The van der Waals surface area contributed by atoms with Crippen molar-refractivity contribution in [3.8, 4) is 11.5 Å². The summed E-state index contributed by atoms with van der Waals surface area (Å²) in [5, 5.41) is 7.17. The van der Waals surface area contributed by atoms with Crippen LogP contribution in [0, 0.1) is 6.92 Å². The van der Waals surface area contributed by atoms with Crippen molar-refractivity contribution in [3.63, 3.8) is 0 Å². The topological polar surface area (TPSA) is 104 Å². The number of carbonyl (C=O) groups excluding carboxylic acids is 3. The minimum absolute atomic E-state index is 0.176. The van der Waals surface area contributed by atoms with Gasteiger partial charge < -0.3 is 19.7 Å². The standard InChI is InChI=1S/C22H21N5O5/c1-14-2-5-16(6-3-14)25-8-9-26-20(29)21(30)27(24-22(25)26)12-19(28)23-11-15-4-7-17-18(10-15)32-13-31-17/h2-7,10,22H,8-9,11-13H2,1H3/p+1. The van der Waals surface area contributed by atoms with E-state index in [-0.39, 0.29) is 19.9 Å². The smallest absolute Gasteiger partial charge is 0.454 e. The molecule has 5 rings (SSSR count). The van der Waals surface area contributed by atoms with Gasteiger partial charge in [0.05, 0.1) is 0 Å². The average Bonchev–Trinajstić information content (AvgIpc) is 3.43. The molecule has 1 saturated heterocycles. The van der Waals surface area contributed by atoms with Gasteiger partial charge in [0.1, 0.15) is 0 Å². The number of azo groups is 2. The highest BCUT2D eigenvalue weighted by atomic mass is 16.7. The van der Waals surface area contributed by atoms with E-state index in [1.165, 1.54) is 4.90 Å². The molecule has 10 nitrogen and oxygen atoms in total. The van der Waals surface area contributed by atoms with Gasteiger partial charge in [0.2, 0.25) is 6.79 Å². The van der Waals surface area contributed by atoms with Crippen LogP contribution in [0.4, 0.5) is 5.69 Å². The lowest BCUT2D eigenvalue weighted by Gasteiger charge is -2.27. The number of carbonyl (C=O) groups is 3. The normalized spacial score (nSPS) is 19.2. The van der Waals surface area contributed by atoms with E-state index in [0.29, 0.717) is 24.6 Å². The van der Waals surface area contributed by atoms with E-state index >= 15 is 0 Å². The van der Waals surface area contributed by atoms with Crippen molar-refractivity contribution in [2.24, 2.45) is 5.11 Å². The molecule has 0 aromatic heterocycles. The molecule has 1 atom stereocenters. The highest BCUT2D eigenvalue weighted by Gasteiger charge is 2.49. The quantitative estimate of drug-likeness (QED) is 0.554. The zero-order valence-corrected chi connectivity index (χ0v) is 17.5. The average molecular weight is 436 g/mol. The fourth-order valence-electron chi connectivity index (χ4n) is 3.91. The van der Waals surface area contributed by atoms with E-state index in [0.717, 1.165) is 21.5 Å². The second kappa shape index (κ2) is 7.95. The molecule has 0 spiro atoms. The summed E-state index contributed by atoms with van der Waals surface area (Å²) in [6, 6.07) is 13.3. The summed E-state index contributed by atoms with van der Waals surface area (Å²) in [6.07, 6.45) is -0.649. The molecule has 10 heteroatoms. The number of fused-ring (bicyclic) bond motifs is 2. The Bertz CT molecular complexity index is 1130. The third-order valence-electron chi connectivity index (χ3n) is 5.65. The summed E-state index contributed by atoms with van der Waals surface area (Å²) in [5.74, 6) is -0.578. The van der Waals surface area contributed by atoms with E-state index in [4.69, 9.17) is 9.47 Å². The van der Waals surface area contributed by atoms with Crippen molar-refractivity contribution >= 4 is 23.4 Å². The summed E-state index contributed by atoms with van der Waals surface area (Å²) in [7, 11) is 0. The third kappa shape index (κ3) is 3.64. The number of hydrogen-bond donors (Lipinski definition) is 1. The first-order chi connectivity index (χ1) is 15.5. The van der Waals surface area contributed by atoms with Crippen LogP contribution >= 0.6 is 0 Å². The van der Waals surface area contributed by atoms with E-state index in [9.17, 15) is 14.4 Å². The van der Waals surface area contributed by atoms with E-state index in [2.05, 4.69) is 10.4 Å². The van der Waals surface area contributed by atoms with Gasteiger partial charge in [-0.3, -0.25) is 14.5 Å². The number of anilines is 1. The lowest BCUT2D eigenvalue weighted by atomic mass is 10.2. The summed E-state index contributed by atoms with van der Waals surface area (Å²) in [6.45, 7) is 3.04. The number of ether oxygens (including phenoxy) is 2. The van der Waals surface area contributed by atoms with Gasteiger partial charge >= 0.3 is 11.8 Å². The fourth-order valence-corrected chi connectivity index (χ4v) is 3.91. The predicted molar refractivity (Wildman–Crippen MR) is 111 cm³/mol. The molecule has 1 fully saturated rings. The Labute approximate surface area is 184 Å². The van der Waals surface area contributed by atoms with Gasteiger partial charge in [0.25, 0.3) is 18.7 Å². The zero-order chi connectivity index (χ0) is 22.2. The number of benzene rings is 2. The van der Waals surface area contributed by atoms with Crippen LogP contribution in [0.15, 0.2) is 47.6 Å². The molecule has 2 aromatic rings. The van der Waals surface area contributed by atoms with Crippen molar-refractivity contribution in [1.82, 2.24) is 10.2 Å². The number of nitrogens with zero attached hydrogens (tertiary/aromatic N) is 4. The number of aryl methyl sites for hydroxylation is 1. The molecule has 3 amide bonds. The third-order valence-corrected chi connectivity index (χ3v) is 5.65. The van der Waals surface area contributed by atoms with Crippen molar-refractivity contribution in [1.29, 1.82) is 0 Å². The second-order valence-corrected chi connectivity index (χ2v) is 7.82. The first-order valence-electron chi connectivity index (χ1n) is 10.3. The SMILES string of the molecule is Cc1ccc(N2CCN3C(=O)C(=O)[N+](CC(=O)NCc4ccc5c(c4)OCO5)=NC32)cc1. The number of amides is 3. The molecule has 3 heterocycles. The van der Waals surface area contributed by atoms with Crippen LogP contribution in [0.3, 0.4) is 0 Å². The molecule has 1 unspecified atom stereocenters. The predicted octanol–water partition coefficient (Wildman–Crippen LogP) is 0.977. The van der Waals surface area contributed by atoms with Crippen LogP contribution in [0.5, 0.6) is 11.5 Å². The fraction of sp³-hybridized carbons (Fsp3) is 0.318. The summed E-state index contributed by atoms with van der Waals surface area (Å²) in [4.78, 5) is 41.0. The molecule has 0 bridgehead atoms. The number of nitrogens with one attached hydrogen (secondary N) is 1. The largest absolute Gasteiger partial charge is 0.502 e. The van der Waals surface area contributed by atoms with Crippen molar-refractivity contribution < 1.29 is 28.6 Å². The van der Waals surface area contributed by atoms with Gasteiger partial charge in [-0.15, -0.1) is 0 Å². The number of hydrogen-bond acceptors (Lipinski definition) is 7. The Hall–Kier alpha value is -3.95. The molecule has 164 valence electrons. The van der Waals surface area contributed by atoms with Crippen LogP contribution in [-0.2, 0) is 20.9 Å². The van der Waals surface area contributed by atoms with Gasteiger partial charge in [-0.05, 0) is 41.5 Å². The Balaban J connectivity index is 1.28. The van der Waals surface area contributed by atoms with Crippen LogP contribution in [-0.4, -0.2) is 60.0 Å². The van der Waals surface area contributed by atoms with Crippen LogP contribution in [0.2, 0.25) is 0 Å². The first kappa shape index (κ1) is 20.0. The Kier molecular flexibility index (Phi) is 4.96. The maximum Gasteiger partial charge on any atom is 0.502 e. The van der Waals surface area contributed by atoms with Crippen molar-refractivity contribution in [3.05, 3.63) is 53.6 Å². The Morgan fingerprint density at radius 3 is 2.66 bits per heavy atom. The molecule has 0 radical (unpaired) electrons. The van der Waals surface area contributed by atoms with E-state index in [1.54, 1.807) is 12.1 Å². The molecule has 32 heavy (non-hydrogen) atoms. The molecule has 0 saturated carbocycles. The molecule has 2 aromatic carbocycles. The van der Waals surface area contributed by atoms with Crippen molar-refractivity contribution in [2.45, 2.75) is 19.8 Å². The molecule has 3 aliphatic rings. The molecular weight excluding hydrogens is 414 g/mol. The molecular formula is C22H22N5O5+. The van der Waals surface area contributed by atoms with Crippen LogP contribution < -0.4 is 19.7 Å². The highest BCUT2D eigenvalue weighted by Crippen LogP contribution is 2.32. The zero-order valence-electron chi connectivity index (χ0n) is 17.5. The second-order valence-electron chi connectivity index (χ2n) is 7.82. The maximum atomic E-state index is 12.6. The maximum absolute atomic E-state index is 12.6. The minimum Gasteiger partial charge on any atom is -0.454 e. The lowest BCUT2D eigenvalue weighted by Crippen LogP contribution is -2.53. The lowest BCUT2D eigenvalue weighted by molar-refractivity contribution is -0.509. The van der Waals surface area contributed by atoms with Gasteiger partial charge in [-0.2, -0.15) is 0 Å². The Morgan fingerprint density at radius 2 is 1.84 bits per heavy atom. The van der Waals surface area contributed by atoms with Gasteiger partial charge in [-0.1, -0.05) is 23.8 Å². The molecule has 1 N–H and O–H groups in total. The Morgan fingerprint density at radius 1 is 1.09 bits per heavy atom. The van der Waals surface area contributed by atoms with Gasteiger partial charge in [-0.25, -0.2) is 4.79 Å². The molecule has 0 aliphatic carbocycles. The van der Waals surface area contributed by atoms with Crippen LogP contribution in [0.25, 0.3) is 0 Å². The number of rotatable bonds is 5. The van der Waals surface area contributed by atoms with E-state index in [1.807, 2.05) is 42.2 Å².